The van der Waals surface area contributed by atoms with Crippen LogP contribution in [-0.4, -0.2) is 21.6 Å². The molecule has 10 heteroatoms. The van der Waals surface area contributed by atoms with Gasteiger partial charge in [-0.25, -0.2) is 0 Å². The number of rotatable bonds is 7. The van der Waals surface area contributed by atoms with Gasteiger partial charge in [0.05, 0.1) is 35.3 Å². The van der Waals surface area contributed by atoms with Crippen molar-refractivity contribution in [3.05, 3.63) is 111 Å². The third kappa shape index (κ3) is 5.16. The standard InChI is InChI=1S/C22H16Cl2N4O2S2/c23-19-17(31-21(29)27(19)13-15-7-3-1-4-8-15)11-25-26-12-18-20(24)28(22(30)32-18)14-16-9-5-2-6-10-16/h1-12H,13-14H2/b25-11-,26-12-. The lowest BCUT2D eigenvalue weighted by molar-refractivity contribution is 0.784. The predicted octanol–water partition coefficient (Wildman–Crippen LogP) is 4.99. The normalized spacial score (nSPS) is 11.7. The molecule has 0 aliphatic heterocycles. The molecule has 162 valence electrons. The number of nitrogens with zero attached hydrogens (tertiary/aromatic N) is 4. The van der Waals surface area contributed by atoms with E-state index in [0.717, 1.165) is 33.8 Å². The summed E-state index contributed by atoms with van der Waals surface area (Å²) in [6.45, 7) is 0.759. The maximum absolute atomic E-state index is 12.3. The number of halogens is 2. The van der Waals surface area contributed by atoms with Crippen molar-refractivity contribution in [2.45, 2.75) is 13.1 Å². The summed E-state index contributed by atoms with van der Waals surface area (Å²) in [5, 5.41) is 8.57. The Bertz CT molecular complexity index is 1280. The fourth-order valence-corrected chi connectivity index (χ4v) is 5.14. The van der Waals surface area contributed by atoms with Gasteiger partial charge in [-0.1, -0.05) is 107 Å². The Kier molecular flexibility index (Phi) is 7.16. The molecule has 4 rings (SSSR count). The van der Waals surface area contributed by atoms with Gasteiger partial charge in [-0.15, -0.1) is 0 Å². The molecule has 2 aromatic heterocycles. The number of aromatic nitrogens is 2. The van der Waals surface area contributed by atoms with Crippen LogP contribution >= 0.6 is 45.9 Å². The summed E-state index contributed by atoms with van der Waals surface area (Å²) in [6, 6.07) is 19.2. The Morgan fingerprint density at radius 3 is 1.44 bits per heavy atom. The van der Waals surface area contributed by atoms with Gasteiger partial charge in [-0.3, -0.25) is 18.7 Å². The molecule has 2 heterocycles. The molecule has 0 amide bonds. The van der Waals surface area contributed by atoms with Gasteiger partial charge in [0.1, 0.15) is 10.3 Å². The highest BCUT2D eigenvalue weighted by Gasteiger charge is 2.13. The zero-order valence-corrected chi connectivity index (χ0v) is 19.7. The first-order valence-electron chi connectivity index (χ1n) is 9.45. The molecule has 2 aromatic carbocycles. The molecule has 6 nitrogen and oxygen atoms in total. The van der Waals surface area contributed by atoms with Crippen molar-refractivity contribution < 1.29 is 0 Å². The highest BCUT2D eigenvalue weighted by molar-refractivity contribution is 7.12. The number of thiazole rings is 2. The van der Waals surface area contributed by atoms with E-state index < -0.39 is 0 Å². The third-order valence-electron chi connectivity index (χ3n) is 4.50. The molecular weight excluding hydrogens is 487 g/mol. The van der Waals surface area contributed by atoms with Gasteiger partial charge in [-0.2, -0.15) is 10.2 Å². The SMILES string of the molecule is O=c1sc(/C=N\N=C/c2sc(=O)n(Cc3ccccc3)c2Cl)c(Cl)n1Cc1ccccc1. The van der Waals surface area contributed by atoms with Crippen molar-refractivity contribution in [3.8, 4) is 0 Å². The van der Waals surface area contributed by atoms with Crippen molar-refractivity contribution in [2.75, 3.05) is 0 Å². The van der Waals surface area contributed by atoms with E-state index in [4.69, 9.17) is 23.2 Å². The lowest BCUT2D eigenvalue weighted by Crippen LogP contribution is -2.13. The Morgan fingerprint density at radius 1 is 0.688 bits per heavy atom. The van der Waals surface area contributed by atoms with Crippen LogP contribution in [0.25, 0.3) is 0 Å². The van der Waals surface area contributed by atoms with Crippen LogP contribution in [0.1, 0.15) is 20.9 Å². The monoisotopic (exact) mass is 502 g/mol. The molecule has 0 bridgehead atoms. The first kappa shape index (κ1) is 22.4. The lowest BCUT2D eigenvalue weighted by atomic mass is 10.2. The van der Waals surface area contributed by atoms with E-state index in [1.165, 1.54) is 21.6 Å². The average Bonchev–Trinajstić information content (AvgIpc) is 3.22. The molecule has 0 fully saturated rings. The molecule has 0 saturated carbocycles. The second-order valence-electron chi connectivity index (χ2n) is 6.68. The summed E-state index contributed by atoms with van der Waals surface area (Å²) in [4.78, 5) is 25.3. The molecule has 32 heavy (non-hydrogen) atoms. The smallest absolute Gasteiger partial charge is 0.284 e. The van der Waals surface area contributed by atoms with Crippen LogP contribution in [0.4, 0.5) is 0 Å². The van der Waals surface area contributed by atoms with E-state index in [0.29, 0.717) is 33.2 Å². The Labute approximate surface area is 201 Å². The van der Waals surface area contributed by atoms with E-state index in [1.54, 1.807) is 0 Å². The highest BCUT2D eigenvalue weighted by atomic mass is 35.5. The number of benzene rings is 2. The van der Waals surface area contributed by atoms with Crippen LogP contribution in [0.2, 0.25) is 10.3 Å². The molecule has 4 aromatic rings. The highest BCUT2D eigenvalue weighted by Crippen LogP contribution is 2.20. The largest absolute Gasteiger partial charge is 0.309 e. The van der Waals surface area contributed by atoms with Gasteiger partial charge in [0, 0.05) is 0 Å². The molecule has 0 atom stereocenters. The van der Waals surface area contributed by atoms with Crippen molar-refractivity contribution in [1.82, 2.24) is 9.13 Å². The second-order valence-corrected chi connectivity index (χ2v) is 9.38. The van der Waals surface area contributed by atoms with Crippen LogP contribution in [-0.2, 0) is 13.1 Å². The molecule has 0 radical (unpaired) electrons. The molecule has 0 aliphatic rings. The van der Waals surface area contributed by atoms with Crippen LogP contribution < -0.4 is 9.75 Å². The molecule has 0 saturated heterocycles. The Morgan fingerprint density at radius 2 is 1.06 bits per heavy atom. The third-order valence-corrected chi connectivity index (χ3v) is 7.37. The summed E-state index contributed by atoms with van der Waals surface area (Å²) < 4.78 is 2.97. The number of hydrogen-bond donors (Lipinski definition) is 0. The van der Waals surface area contributed by atoms with E-state index in [2.05, 4.69) is 10.2 Å². The minimum Gasteiger partial charge on any atom is -0.284 e. The van der Waals surface area contributed by atoms with Crippen molar-refractivity contribution in [1.29, 1.82) is 0 Å². The summed E-state index contributed by atoms with van der Waals surface area (Å²) in [5.74, 6) is 0. The van der Waals surface area contributed by atoms with E-state index in [-0.39, 0.29) is 9.75 Å². The summed E-state index contributed by atoms with van der Waals surface area (Å²) >= 11 is 14.7. The predicted molar refractivity (Wildman–Crippen MR) is 133 cm³/mol. The van der Waals surface area contributed by atoms with Gasteiger partial charge in [0.2, 0.25) is 0 Å². The summed E-state index contributed by atoms with van der Waals surface area (Å²) in [7, 11) is 0. The summed E-state index contributed by atoms with van der Waals surface area (Å²) in [6.07, 6.45) is 2.84. The van der Waals surface area contributed by atoms with Crippen LogP contribution in [0.3, 0.4) is 0 Å². The van der Waals surface area contributed by atoms with Crippen LogP contribution in [0.5, 0.6) is 0 Å². The minimum atomic E-state index is -0.177. The topological polar surface area (TPSA) is 68.7 Å². The second kappa shape index (κ2) is 10.2. The molecular formula is C22H16Cl2N4O2S2. The van der Waals surface area contributed by atoms with Gasteiger partial charge in [-0.05, 0) is 11.1 Å². The Hall–Kier alpha value is -2.78. The zero-order valence-electron chi connectivity index (χ0n) is 16.5. The van der Waals surface area contributed by atoms with E-state index >= 15 is 0 Å². The van der Waals surface area contributed by atoms with Gasteiger partial charge < -0.3 is 0 Å². The molecule has 0 spiro atoms. The lowest BCUT2D eigenvalue weighted by Gasteiger charge is -2.03. The van der Waals surface area contributed by atoms with Crippen LogP contribution in [0.15, 0.2) is 80.5 Å². The maximum Gasteiger partial charge on any atom is 0.309 e. The molecule has 0 N–H and O–H groups in total. The quantitative estimate of drug-likeness (QED) is 0.264. The van der Waals surface area contributed by atoms with Crippen molar-refractivity contribution >= 4 is 58.3 Å². The molecule has 0 unspecified atom stereocenters. The molecule has 0 aliphatic carbocycles. The Balaban J connectivity index is 1.48. The average molecular weight is 503 g/mol. The zero-order chi connectivity index (χ0) is 22.5. The fourth-order valence-electron chi connectivity index (χ4n) is 2.94. The van der Waals surface area contributed by atoms with E-state index in [9.17, 15) is 9.59 Å². The number of hydrogen-bond acceptors (Lipinski definition) is 6. The first-order valence-corrected chi connectivity index (χ1v) is 11.8. The van der Waals surface area contributed by atoms with Crippen molar-refractivity contribution in [3.63, 3.8) is 0 Å². The minimum absolute atomic E-state index is 0.177. The van der Waals surface area contributed by atoms with E-state index in [1.807, 2.05) is 60.7 Å². The van der Waals surface area contributed by atoms with Gasteiger partial charge >= 0.3 is 9.75 Å². The first-order chi connectivity index (χ1) is 15.5. The van der Waals surface area contributed by atoms with Crippen LogP contribution in [0, 0.1) is 0 Å². The summed E-state index contributed by atoms with van der Waals surface area (Å²) in [5.41, 5.74) is 1.95. The van der Waals surface area contributed by atoms with Crippen molar-refractivity contribution in [2.24, 2.45) is 10.2 Å². The maximum atomic E-state index is 12.3. The van der Waals surface area contributed by atoms with Gasteiger partial charge in [0.15, 0.2) is 0 Å². The van der Waals surface area contributed by atoms with Gasteiger partial charge in [0.25, 0.3) is 0 Å². The fraction of sp³-hybridized carbons (Fsp3) is 0.0909.